The summed E-state index contributed by atoms with van der Waals surface area (Å²) in [6.45, 7) is 2.56. The van der Waals surface area contributed by atoms with E-state index in [1.807, 2.05) is 0 Å². The van der Waals surface area contributed by atoms with Crippen molar-refractivity contribution in [1.29, 1.82) is 0 Å². The first-order valence-corrected chi connectivity index (χ1v) is 0.781. The van der Waals surface area contributed by atoms with Gasteiger partial charge in [-0.3, -0.25) is 11.7 Å². The average molecular weight is 316 g/mol. The Morgan fingerprint density at radius 1 is 1.67 bits per heavy atom. The van der Waals surface area contributed by atoms with Crippen molar-refractivity contribution in [3.05, 3.63) is 6.92 Å². The van der Waals surface area contributed by atoms with Gasteiger partial charge in [0.15, 0.2) is 5.97 Å². The summed E-state index contributed by atoms with van der Waals surface area (Å²) in [6.07, 6.45) is 0. The molecular formula is C2H5O2PbTi-. The van der Waals surface area contributed by atoms with Gasteiger partial charge in [0.05, 0.1) is 0 Å². The third-order valence-corrected chi connectivity index (χ3v) is 0. The van der Waals surface area contributed by atoms with Crippen LogP contribution in [0, 0.1) is 6.92 Å². The van der Waals surface area contributed by atoms with E-state index < -0.39 is 5.97 Å². The van der Waals surface area contributed by atoms with Crippen LogP contribution in [0.1, 0.15) is 0 Å². The number of hydrogen-bond donors (Lipinski definition) is 1. The molecule has 0 saturated carbocycles. The van der Waals surface area contributed by atoms with Crippen LogP contribution < -0.4 is 0 Å². The van der Waals surface area contributed by atoms with Gasteiger partial charge in [-0.2, -0.15) is 0 Å². The first kappa shape index (κ1) is 15.8. The molecule has 2 nitrogen and oxygen atoms in total. The van der Waals surface area contributed by atoms with Gasteiger partial charge in [-0.1, -0.05) is 0 Å². The fourth-order valence-corrected chi connectivity index (χ4v) is 0. The standard InChI is InChI=1S/C2H3O2.Pb.Ti.2H/c1-2(3)4;;;;/h1H2,(H,3,4);;;;/q-1;;;;. The van der Waals surface area contributed by atoms with E-state index in [1.54, 1.807) is 0 Å². The monoisotopic (exact) mass is 317 g/mol. The molecular weight excluding hydrogens is 311 g/mol. The van der Waals surface area contributed by atoms with Gasteiger partial charge in [0.1, 0.15) is 0 Å². The molecule has 0 aliphatic rings. The quantitative estimate of drug-likeness (QED) is 0.459. The maximum atomic E-state index is 8.89. The van der Waals surface area contributed by atoms with E-state index >= 15 is 0 Å². The van der Waals surface area contributed by atoms with E-state index in [4.69, 9.17) is 9.90 Å². The number of carbonyl (C=O) groups is 1. The average Bonchev–Trinajstić information content (AvgIpc) is 0.811. The van der Waals surface area contributed by atoms with Crippen molar-refractivity contribution in [1.82, 2.24) is 0 Å². The summed E-state index contributed by atoms with van der Waals surface area (Å²) in [7, 11) is 0. The zero-order chi connectivity index (χ0) is 3.58. The molecule has 0 atom stereocenters. The minimum atomic E-state index is -1.08. The zero-order valence-electron chi connectivity index (χ0n) is 3.27. The van der Waals surface area contributed by atoms with Crippen LogP contribution in [0.5, 0.6) is 0 Å². The summed E-state index contributed by atoms with van der Waals surface area (Å²) in [4.78, 5) is 8.89. The molecule has 0 aromatic rings. The van der Waals surface area contributed by atoms with Gasteiger partial charge in [-0.05, 0) is 0 Å². The van der Waals surface area contributed by atoms with Crippen LogP contribution in [-0.2, 0) is 26.5 Å². The number of carboxylic acid groups (broad SMARTS) is 1. The van der Waals surface area contributed by atoms with Crippen molar-refractivity contribution >= 4 is 33.3 Å². The molecule has 1 N–H and O–H groups in total. The Labute approximate surface area is 71.3 Å². The third-order valence-electron chi connectivity index (χ3n) is 0. The summed E-state index contributed by atoms with van der Waals surface area (Å²) < 4.78 is 0. The first-order chi connectivity index (χ1) is 1.73. The van der Waals surface area contributed by atoms with Crippen LogP contribution >= 0.6 is 0 Å². The fraction of sp³-hybridized carbons (Fsp3) is 0. The summed E-state index contributed by atoms with van der Waals surface area (Å²) in [5.74, 6) is -1.08. The van der Waals surface area contributed by atoms with Crippen molar-refractivity contribution < 1.29 is 31.6 Å². The third kappa shape index (κ3) is 82.5. The molecule has 4 heteroatoms. The maximum Gasteiger partial charge on any atom is 0 e. The molecule has 0 unspecified atom stereocenters. The Kier molecular flexibility index (Phi) is 24.6. The smallest absolute Gasteiger partial charge is 0 e. The first-order valence-electron chi connectivity index (χ1n) is 0.781. The molecule has 0 rings (SSSR count). The molecule has 0 fully saturated rings. The SMILES string of the molecule is [CH2-]C(=O)O.[PbH2].[Ti]. The normalized spacial score (nSPS) is 4.00. The van der Waals surface area contributed by atoms with Crippen molar-refractivity contribution in [3.8, 4) is 0 Å². The number of hydrogen-bond acceptors (Lipinski definition) is 1. The van der Waals surface area contributed by atoms with Gasteiger partial charge >= 0.3 is 27.3 Å². The Bertz CT molecular complexity index is 34.5. The van der Waals surface area contributed by atoms with E-state index in [9.17, 15) is 0 Å². The molecule has 34 valence electrons. The van der Waals surface area contributed by atoms with E-state index in [0.29, 0.717) is 0 Å². The number of rotatable bonds is 0. The van der Waals surface area contributed by atoms with Crippen molar-refractivity contribution in [2.75, 3.05) is 0 Å². The molecule has 0 saturated heterocycles. The topological polar surface area (TPSA) is 37.3 Å². The largest absolute Gasteiger partial charge is 0 e. The van der Waals surface area contributed by atoms with Crippen molar-refractivity contribution in [2.24, 2.45) is 0 Å². The summed E-state index contributed by atoms with van der Waals surface area (Å²) in [5.41, 5.74) is 0. The van der Waals surface area contributed by atoms with E-state index in [0.717, 1.165) is 0 Å². The molecule has 0 spiro atoms. The predicted octanol–water partition coefficient (Wildman–Crippen LogP) is -1.01. The Morgan fingerprint density at radius 3 is 1.67 bits per heavy atom. The minimum Gasteiger partial charge on any atom is 0 e. The fourth-order valence-electron chi connectivity index (χ4n) is 0. The van der Waals surface area contributed by atoms with Crippen molar-refractivity contribution in [2.45, 2.75) is 0 Å². The van der Waals surface area contributed by atoms with Gasteiger partial charge in [0.2, 0.25) is 0 Å². The minimum absolute atomic E-state index is 0. The van der Waals surface area contributed by atoms with Crippen LogP contribution in [-0.4, -0.2) is 38.4 Å². The van der Waals surface area contributed by atoms with Crippen LogP contribution in [0.2, 0.25) is 0 Å². The second-order valence-electron chi connectivity index (χ2n) is 0.394. The van der Waals surface area contributed by atoms with Gasteiger partial charge in [-0.15, -0.1) is 0 Å². The maximum absolute atomic E-state index is 8.89. The van der Waals surface area contributed by atoms with Crippen LogP contribution in [0.3, 0.4) is 0 Å². The predicted molar refractivity (Wildman–Crippen MR) is 21.5 cm³/mol. The second kappa shape index (κ2) is 9.36. The van der Waals surface area contributed by atoms with Crippen molar-refractivity contribution in [3.63, 3.8) is 0 Å². The summed E-state index contributed by atoms with van der Waals surface area (Å²) in [5, 5.41) is 7.31. The molecule has 0 amide bonds. The van der Waals surface area contributed by atoms with Gasteiger partial charge in [-0.25, -0.2) is 0 Å². The number of aliphatic carboxylic acids is 1. The summed E-state index contributed by atoms with van der Waals surface area (Å²) >= 11 is 0. The van der Waals surface area contributed by atoms with Gasteiger partial charge in [0, 0.05) is 21.7 Å². The number of carboxylic acids is 1. The zero-order valence-corrected chi connectivity index (χ0v) is 10.3. The molecule has 0 aromatic carbocycles. The molecule has 0 aromatic heterocycles. The molecule has 0 heterocycles. The molecule has 2 radical (unpaired) electrons. The van der Waals surface area contributed by atoms with Crippen LogP contribution in [0.25, 0.3) is 0 Å². The molecule has 0 aliphatic heterocycles. The second-order valence-corrected chi connectivity index (χ2v) is 0.394. The van der Waals surface area contributed by atoms with Gasteiger partial charge < -0.3 is 5.11 Å². The molecule has 0 bridgehead atoms. The van der Waals surface area contributed by atoms with Crippen LogP contribution in [0.4, 0.5) is 0 Å². The Hall–Kier alpha value is 0.976. The molecule has 6 heavy (non-hydrogen) atoms. The van der Waals surface area contributed by atoms with E-state index in [-0.39, 0.29) is 49.0 Å². The molecule has 0 aliphatic carbocycles. The van der Waals surface area contributed by atoms with Gasteiger partial charge in [0.25, 0.3) is 0 Å². The van der Waals surface area contributed by atoms with Crippen LogP contribution in [0.15, 0.2) is 0 Å². The van der Waals surface area contributed by atoms with E-state index in [2.05, 4.69) is 6.92 Å². The van der Waals surface area contributed by atoms with E-state index in [1.165, 1.54) is 0 Å². The summed E-state index contributed by atoms with van der Waals surface area (Å²) in [6, 6.07) is 0. The Morgan fingerprint density at radius 2 is 1.67 bits per heavy atom. The Balaban J connectivity index is -0.0000000450.